The predicted octanol–water partition coefficient (Wildman–Crippen LogP) is 6.23. The van der Waals surface area contributed by atoms with Gasteiger partial charge in [0.15, 0.2) is 5.78 Å². The van der Waals surface area contributed by atoms with Crippen LogP contribution in [-0.4, -0.2) is 21.5 Å². The van der Waals surface area contributed by atoms with Crippen molar-refractivity contribution < 1.29 is 9.18 Å². The molecule has 0 radical (unpaired) electrons. The standard InChI is InChI=1S/C24H17FN2OS/c25-18-4-1-16(2-5-18)24-19(15-7-10-26-11-8-15)14-21(27-24)17-3-6-23-20(13-17)22(28)9-12-29-23/h1-8,10-11,13-14,27H,9,12H2. The minimum Gasteiger partial charge on any atom is -0.354 e. The van der Waals surface area contributed by atoms with Crippen molar-refractivity contribution in [3.63, 3.8) is 0 Å². The lowest BCUT2D eigenvalue weighted by atomic mass is 10.0. The van der Waals surface area contributed by atoms with E-state index in [1.165, 1.54) is 12.1 Å². The number of nitrogens with one attached hydrogen (secondary N) is 1. The minimum absolute atomic E-state index is 0.195. The van der Waals surface area contributed by atoms with Crippen molar-refractivity contribution in [3.05, 3.63) is 84.4 Å². The Labute approximate surface area is 172 Å². The number of Topliss-reactive ketones (excluding diaryl/α,β-unsaturated/α-hetero) is 1. The van der Waals surface area contributed by atoms with Crippen molar-refractivity contribution in [2.45, 2.75) is 11.3 Å². The number of fused-ring (bicyclic) bond motifs is 1. The van der Waals surface area contributed by atoms with Gasteiger partial charge in [-0.15, -0.1) is 11.8 Å². The first kappa shape index (κ1) is 17.9. The zero-order valence-electron chi connectivity index (χ0n) is 15.5. The summed E-state index contributed by atoms with van der Waals surface area (Å²) in [6, 6.07) is 18.5. The predicted molar refractivity (Wildman–Crippen MR) is 115 cm³/mol. The number of benzene rings is 2. The van der Waals surface area contributed by atoms with Crippen LogP contribution in [-0.2, 0) is 0 Å². The number of rotatable bonds is 3. The number of ketones is 1. The molecule has 2 aromatic heterocycles. The molecule has 0 atom stereocenters. The summed E-state index contributed by atoms with van der Waals surface area (Å²) in [5.74, 6) is 0.770. The summed E-state index contributed by atoms with van der Waals surface area (Å²) >= 11 is 1.73. The number of pyridine rings is 1. The van der Waals surface area contributed by atoms with Crippen molar-refractivity contribution in [3.8, 4) is 33.6 Å². The van der Waals surface area contributed by atoms with Crippen molar-refractivity contribution in [1.29, 1.82) is 0 Å². The molecule has 2 aromatic carbocycles. The molecule has 1 N–H and O–H groups in total. The second-order valence-electron chi connectivity index (χ2n) is 6.95. The fourth-order valence-electron chi connectivity index (χ4n) is 3.64. The highest BCUT2D eigenvalue weighted by Crippen LogP contribution is 2.38. The molecule has 3 heterocycles. The molecule has 0 fully saturated rings. The van der Waals surface area contributed by atoms with Gasteiger partial charge in [0.05, 0.1) is 5.69 Å². The van der Waals surface area contributed by atoms with Crippen molar-refractivity contribution in [1.82, 2.24) is 9.97 Å². The van der Waals surface area contributed by atoms with Crippen molar-refractivity contribution in [2.24, 2.45) is 0 Å². The maximum atomic E-state index is 13.4. The highest BCUT2D eigenvalue weighted by molar-refractivity contribution is 7.99. The summed E-state index contributed by atoms with van der Waals surface area (Å²) in [5, 5.41) is 0. The van der Waals surface area contributed by atoms with E-state index in [2.05, 4.69) is 16.0 Å². The van der Waals surface area contributed by atoms with E-state index in [1.54, 1.807) is 36.3 Å². The maximum absolute atomic E-state index is 13.4. The molecule has 0 amide bonds. The number of thioether (sulfide) groups is 1. The van der Waals surface area contributed by atoms with Gasteiger partial charge in [0.25, 0.3) is 0 Å². The molecular formula is C24H17FN2OS. The van der Waals surface area contributed by atoms with Crippen LogP contribution in [0.3, 0.4) is 0 Å². The van der Waals surface area contributed by atoms with E-state index in [9.17, 15) is 9.18 Å². The Balaban J connectivity index is 1.66. The topological polar surface area (TPSA) is 45.8 Å². The summed E-state index contributed by atoms with van der Waals surface area (Å²) in [7, 11) is 0. The van der Waals surface area contributed by atoms with Crippen LogP contribution >= 0.6 is 11.8 Å². The zero-order chi connectivity index (χ0) is 19.8. The van der Waals surface area contributed by atoms with Crippen LogP contribution in [0.4, 0.5) is 4.39 Å². The Kier molecular flexibility index (Phi) is 4.52. The first-order valence-electron chi connectivity index (χ1n) is 9.39. The molecule has 0 spiro atoms. The molecule has 1 aliphatic rings. The number of nitrogens with zero attached hydrogens (tertiary/aromatic N) is 1. The third-order valence-electron chi connectivity index (χ3n) is 5.12. The van der Waals surface area contributed by atoms with Crippen LogP contribution < -0.4 is 0 Å². The van der Waals surface area contributed by atoms with Crippen LogP contribution in [0.15, 0.2) is 78.0 Å². The van der Waals surface area contributed by atoms with E-state index in [1.807, 2.05) is 30.3 Å². The highest BCUT2D eigenvalue weighted by Gasteiger charge is 2.20. The number of halogens is 1. The molecule has 0 unspecified atom stereocenters. The van der Waals surface area contributed by atoms with E-state index in [-0.39, 0.29) is 11.6 Å². The Morgan fingerprint density at radius 3 is 2.41 bits per heavy atom. The molecule has 0 bridgehead atoms. The van der Waals surface area contributed by atoms with Gasteiger partial charge in [-0.3, -0.25) is 9.78 Å². The molecule has 0 saturated carbocycles. The van der Waals surface area contributed by atoms with Gasteiger partial charge in [-0.1, -0.05) is 6.07 Å². The zero-order valence-corrected chi connectivity index (χ0v) is 16.3. The molecule has 3 nitrogen and oxygen atoms in total. The Hall–Kier alpha value is -3.18. The smallest absolute Gasteiger partial charge is 0.164 e. The Morgan fingerprint density at radius 1 is 0.862 bits per heavy atom. The monoisotopic (exact) mass is 400 g/mol. The molecule has 29 heavy (non-hydrogen) atoms. The van der Waals surface area contributed by atoms with Gasteiger partial charge >= 0.3 is 0 Å². The van der Waals surface area contributed by atoms with E-state index in [0.29, 0.717) is 6.42 Å². The SMILES string of the molecule is O=C1CCSc2ccc(-c3cc(-c4ccncc4)c(-c4ccc(F)cc4)[nH]3)cc21. The number of hydrogen-bond donors (Lipinski definition) is 1. The molecule has 1 aliphatic heterocycles. The molecule has 0 aliphatic carbocycles. The number of aromatic nitrogens is 2. The Morgan fingerprint density at radius 2 is 1.62 bits per heavy atom. The third-order valence-corrected chi connectivity index (χ3v) is 6.19. The average molecular weight is 400 g/mol. The van der Waals surface area contributed by atoms with Crippen molar-refractivity contribution in [2.75, 3.05) is 5.75 Å². The summed E-state index contributed by atoms with van der Waals surface area (Å²) in [6.07, 6.45) is 4.09. The lowest BCUT2D eigenvalue weighted by Crippen LogP contribution is -2.08. The van der Waals surface area contributed by atoms with Gasteiger partial charge in [0.2, 0.25) is 0 Å². The van der Waals surface area contributed by atoms with Gasteiger partial charge in [-0.25, -0.2) is 4.39 Å². The summed E-state index contributed by atoms with van der Waals surface area (Å²) in [4.78, 5) is 21.0. The summed E-state index contributed by atoms with van der Waals surface area (Å²) in [5.41, 5.74) is 6.50. The fraction of sp³-hybridized carbons (Fsp3) is 0.0833. The first-order valence-corrected chi connectivity index (χ1v) is 10.4. The lowest BCUT2D eigenvalue weighted by Gasteiger charge is -2.14. The van der Waals surface area contributed by atoms with E-state index >= 15 is 0 Å². The highest BCUT2D eigenvalue weighted by atomic mass is 32.2. The molecule has 142 valence electrons. The number of carbonyl (C=O) groups excluding carboxylic acids is 1. The quantitative estimate of drug-likeness (QED) is 0.443. The van der Waals surface area contributed by atoms with Gasteiger partial charge in [0.1, 0.15) is 5.82 Å². The summed E-state index contributed by atoms with van der Waals surface area (Å²) < 4.78 is 13.4. The van der Waals surface area contributed by atoms with Crippen molar-refractivity contribution >= 4 is 17.5 Å². The largest absolute Gasteiger partial charge is 0.354 e. The number of hydrogen-bond acceptors (Lipinski definition) is 3. The maximum Gasteiger partial charge on any atom is 0.164 e. The number of aromatic amines is 1. The molecular weight excluding hydrogens is 383 g/mol. The van der Waals surface area contributed by atoms with Crippen LogP contribution in [0.25, 0.3) is 33.6 Å². The van der Waals surface area contributed by atoms with Gasteiger partial charge in [-0.05, 0) is 71.3 Å². The van der Waals surface area contributed by atoms with E-state index < -0.39 is 0 Å². The second kappa shape index (κ2) is 7.33. The van der Waals surface area contributed by atoms with Crippen LogP contribution in [0.1, 0.15) is 16.8 Å². The fourth-order valence-corrected chi connectivity index (χ4v) is 4.64. The molecule has 0 saturated heterocycles. The number of H-pyrrole nitrogens is 1. The normalized spacial score (nSPS) is 13.3. The average Bonchev–Trinajstić information content (AvgIpc) is 3.20. The Bertz CT molecular complexity index is 1200. The van der Waals surface area contributed by atoms with Crippen LogP contribution in [0, 0.1) is 5.82 Å². The first-order chi connectivity index (χ1) is 14.2. The molecule has 5 rings (SSSR count). The van der Waals surface area contributed by atoms with E-state index in [0.717, 1.165) is 49.9 Å². The molecule has 5 heteroatoms. The van der Waals surface area contributed by atoms with Crippen LogP contribution in [0.5, 0.6) is 0 Å². The minimum atomic E-state index is -0.267. The van der Waals surface area contributed by atoms with Gasteiger partial charge in [0, 0.05) is 46.3 Å². The molecule has 4 aromatic rings. The van der Waals surface area contributed by atoms with E-state index in [4.69, 9.17) is 0 Å². The van der Waals surface area contributed by atoms with Gasteiger partial charge in [-0.2, -0.15) is 0 Å². The van der Waals surface area contributed by atoms with Crippen LogP contribution in [0.2, 0.25) is 0 Å². The van der Waals surface area contributed by atoms with Gasteiger partial charge < -0.3 is 4.98 Å². The number of carbonyl (C=O) groups is 1. The summed E-state index contributed by atoms with van der Waals surface area (Å²) in [6.45, 7) is 0. The lowest BCUT2D eigenvalue weighted by molar-refractivity contribution is 0.0985. The second-order valence-corrected chi connectivity index (χ2v) is 8.08. The third kappa shape index (κ3) is 3.38.